The second-order valence-corrected chi connectivity index (χ2v) is 6.92. The molecule has 0 aliphatic carbocycles. The number of hydrogen-bond acceptors (Lipinski definition) is 4. The summed E-state index contributed by atoms with van der Waals surface area (Å²) in [6.07, 6.45) is -0.404. The Balaban J connectivity index is 1.87. The zero-order valence-electron chi connectivity index (χ0n) is 15.0. The van der Waals surface area contributed by atoms with Crippen molar-refractivity contribution in [3.05, 3.63) is 70.2 Å². The van der Waals surface area contributed by atoms with Crippen LogP contribution in [0, 0.1) is 6.92 Å². The summed E-state index contributed by atoms with van der Waals surface area (Å²) in [4.78, 5) is 4.69. The first-order chi connectivity index (χ1) is 12.5. The van der Waals surface area contributed by atoms with Crippen molar-refractivity contribution in [1.82, 2.24) is 10.3 Å². The Morgan fingerprint density at radius 3 is 2.73 bits per heavy atom. The SMILES string of the molecule is Cc1ccc2nc(OCc3ccccc3Cl)c(CNC[C@@H](C)O)cc2c1. The summed E-state index contributed by atoms with van der Waals surface area (Å²) in [7, 11) is 0. The number of aromatic nitrogens is 1. The van der Waals surface area contributed by atoms with Crippen LogP contribution < -0.4 is 10.1 Å². The molecular weight excluding hydrogens is 348 g/mol. The first kappa shape index (κ1) is 18.6. The van der Waals surface area contributed by atoms with Crippen LogP contribution in [0.4, 0.5) is 0 Å². The number of halogens is 1. The molecule has 0 fully saturated rings. The number of pyridine rings is 1. The Hall–Kier alpha value is -2.14. The molecule has 0 aliphatic heterocycles. The molecule has 0 radical (unpaired) electrons. The van der Waals surface area contributed by atoms with Crippen LogP contribution in [0.2, 0.25) is 5.02 Å². The number of nitrogens with one attached hydrogen (secondary N) is 1. The molecule has 5 heteroatoms. The third-order valence-corrected chi connectivity index (χ3v) is 4.46. The van der Waals surface area contributed by atoms with Crippen LogP contribution in [-0.4, -0.2) is 22.7 Å². The van der Waals surface area contributed by atoms with E-state index in [1.54, 1.807) is 6.92 Å². The van der Waals surface area contributed by atoms with E-state index in [1.807, 2.05) is 36.4 Å². The maximum atomic E-state index is 9.47. The second-order valence-electron chi connectivity index (χ2n) is 6.51. The van der Waals surface area contributed by atoms with Crippen molar-refractivity contribution < 1.29 is 9.84 Å². The lowest BCUT2D eigenvalue weighted by Crippen LogP contribution is -2.24. The molecule has 0 saturated heterocycles. The van der Waals surface area contributed by atoms with Crippen LogP contribution in [0.5, 0.6) is 5.88 Å². The molecule has 1 atom stereocenters. The molecular formula is C21H23ClN2O2. The molecule has 3 rings (SSSR count). The maximum absolute atomic E-state index is 9.47. The van der Waals surface area contributed by atoms with Crippen LogP contribution >= 0.6 is 11.6 Å². The van der Waals surface area contributed by atoms with Crippen LogP contribution in [0.15, 0.2) is 48.5 Å². The predicted octanol–water partition coefficient (Wildman–Crippen LogP) is 4.25. The fourth-order valence-electron chi connectivity index (χ4n) is 2.75. The number of nitrogens with zero attached hydrogens (tertiary/aromatic N) is 1. The lowest BCUT2D eigenvalue weighted by molar-refractivity contribution is 0.190. The number of rotatable bonds is 7. The maximum Gasteiger partial charge on any atom is 0.218 e. The van der Waals surface area contributed by atoms with Gasteiger partial charge >= 0.3 is 0 Å². The molecule has 0 spiro atoms. The van der Waals surface area contributed by atoms with E-state index in [1.165, 1.54) is 5.56 Å². The highest BCUT2D eigenvalue weighted by molar-refractivity contribution is 6.31. The molecule has 0 saturated carbocycles. The number of fused-ring (bicyclic) bond motifs is 1. The molecule has 4 nitrogen and oxygen atoms in total. The molecule has 1 heterocycles. The van der Waals surface area contributed by atoms with E-state index in [-0.39, 0.29) is 0 Å². The molecule has 2 N–H and O–H groups in total. The van der Waals surface area contributed by atoms with Crippen molar-refractivity contribution in [3.63, 3.8) is 0 Å². The Labute approximate surface area is 158 Å². The van der Waals surface area contributed by atoms with Crippen molar-refractivity contribution in [2.24, 2.45) is 0 Å². The molecule has 1 aromatic heterocycles. The van der Waals surface area contributed by atoms with E-state index in [0.29, 0.717) is 30.6 Å². The summed E-state index contributed by atoms with van der Waals surface area (Å²) in [6, 6.07) is 15.9. The van der Waals surface area contributed by atoms with Gasteiger partial charge in [-0.25, -0.2) is 4.98 Å². The number of aliphatic hydroxyl groups is 1. The van der Waals surface area contributed by atoms with Gasteiger partial charge in [0, 0.05) is 34.6 Å². The summed E-state index contributed by atoms with van der Waals surface area (Å²) in [6.45, 7) is 5.25. The monoisotopic (exact) mass is 370 g/mol. The van der Waals surface area contributed by atoms with Gasteiger partial charge in [0.1, 0.15) is 6.61 Å². The zero-order chi connectivity index (χ0) is 18.5. The molecule has 0 unspecified atom stereocenters. The van der Waals surface area contributed by atoms with Crippen molar-refractivity contribution in [2.75, 3.05) is 6.54 Å². The summed E-state index contributed by atoms with van der Waals surface area (Å²) in [5.41, 5.74) is 3.95. The molecule has 0 aliphatic rings. The average Bonchev–Trinajstić information content (AvgIpc) is 2.60. The zero-order valence-corrected chi connectivity index (χ0v) is 15.8. The minimum Gasteiger partial charge on any atom is -0.472 e. The van der Waals surface area contributed by atoms with Crippen molar-refractivity contribution >= 4 is 22.5 Å². The van der Waals surface area contributed by atoms with Gasteiger partial charge in [-0.1, -0.05) is 41.4 Å². The lowest BCUT2D eigenvalue weighted by Gasteiger charge is -2.14. The topological polar surface area (TPSA) is 54.4 Å². The summed E-state index contributed by atoms with van der Waals surface area (Å²) in [5, 5.41) is 14.5. The largest absolute Gasteiger partial charge is 0.472 e. The Morgan fingerprint density at radius 2 is 1.96 bits per heavy atom. The number of aliphatic hydroxyl groups excluding tert-OH is 1. The number of ether oxygens (including phenoxy) is 1. The van der Waals surface area contributed by atoms with E-state index < -0.39 is 6.10 Å². The van der Waals surface area contributed by atoms with Crippen molar-refractivity contribution in [2.45, 2.75) is 33.1 Å². The minimum atomic E-state index is -0.404. The quantitative estimate of drug-likeness (QED) is 0.653. The minimum absolute atomic E-state index is 0.355. The van der Waals surface area contributed by atoms with Crippen LogP contribution in [0.25, 0.3) is 10.9 Å². The third-order valence-electron chi connectivity index (χ3n) is 4.09. The summed E-state index contributed by atoms with van der Waals surface area (Å²) < 4.78 is 6.00. The van der Waals surface area contributed by atoms with Gasteiger partial charge in [0.25, 0.3) is 0 Å². The highest BCUT2D eigenvalue weighted by Gasteiger charge is 2.10. The number of benzene rings is 2. The van der Waals surface area contributed by atoms with Gasteiger partial charge in [-0.15, -0.1) is 0 Å². The van der Waals surface area contributed by atoms with E-state index in [0.717, 1.165) is 22.0 Å². The fourth-order valence-corrected chi connectivity index (χ4v) is 2.94. The first-order valence-electron chi connectivity index (χ1n) is 8.68. The highest BCUT2D eigenvalue weighted by Crippen LogP contribution is 2.25. The highest BCUT2D eigenvalue weighted by atomic mass is 35.5. The lowest BCUT2D eigenvalue weighted by atomic mass is 10.1. The van der Waals surface area contributed by atoms with Gasteiger partial charge in [0.15, 0.2) is 0 Å². The van der Waals surface area contributed by atoms with E-state index >= 15 is 0 Å². The van der Waals surface area contributed by atoms with Gasteiger partial charge in [0.05, 0.1) is 11.6 Å². The fraction of sp³-hybridized carbons (Fsp3) is 0.286. The Morgan fingerprint density at radius 1 is 1.15 bits per heavy atom. The average molecular weight is 371 g/mol. The summed E-state index contributed by atoms with van der Waals surface area (Å²) >= 11 is 6.22. The van der Waals surface area contributed by atoms with E-state index in [2.05, 4.69) is 24.4 Å². The smallest absolute Gasteiger partial charge is 0.218 e. The van der Waals surface area contributed by atoms with Crippen molar-refractivity contribution in [1.29, 1.82) is 0 Å². The second kappa shape index (κ2) is 8.49. The number of hydrogen-bond donors (Lipinski definition) is 2. The van der Waals surface area contributed by atoms with Crippen molar-refractivity contribution in [3.8, 4) is 5.88 Å². The van der Waals surface area contributed by atoms with E-state index in [9.17, 15) is 5.11 Å². The standard InChI is InChI=1S/C21H23ClN2O2/c1-14-7-8-20-17(9-14)10-18(12-23-11-15(2)25)21(24-20)26-13-16-5-3-4-6-19(16)22/h3-10,15,23,25H,11-13H2,1-2H3/t15-/m1/s1. The third kappa shape index (κ3) is 4.73. The van der Waals surface area contributed by atoms with Gasteiger partial charge in [-0.2, -0.15) is 0 Å². The van der Waals surface area contributed by atoms with Crippen LogP contribution in [-0.2, 0) is 13.2 Å². The van der Waals surface area contributed by atoms with Gasteiger partial charge < -0.3 is 15.2 Å². The molecule has 2 aromatic carbocycles. The molecule has 3 aromatic rings. The molecule has 0 amide bonds. The van der Waals surface area contributed by atoms with E-state index in [4.69, 9.17) is 21.3 Å². The van der Waals surface area contributed by atoms with Crippen LogP contribution in [0.1, 0.15) is 23.6 Å². The van der Waals surface area contributed by atoms with Gasteiger partial charge in [0.2, 0.25) is 5.88 Å². The van der Waals surface area contributed by atoms with Crippen LogP contribution in [0.3, 0.4) is 0 Å². The molecule has 136 valence electrons. The summed E-state index contributed by atoms with van der Waals surface area (Å²) in [5.74, 6) is 0.583. The predicted molar refractivity (Wildman–Crippen MR) is 106 cm³/mol. The van der Waals surface area contributed by atoms with Gasteiger partial charge in [-0.05, 0) is 38.1 Å². The van der Waals surface area contributed by atoms with Gasteiger partial charge in [-0.3, -0.25) is 0 Å². The normalized spacial score (nSPS) is 12.3. The molecule has 0 bridgehead atoms. The Bertz CT molecular complexity index is 896. The number of aryl methyl sites for hydroxylation is 1. The molecule has 26 heavy (non-hydrogen) atoms. The Kier molecular flexibility index (Phi) is 6.09. The first-order valence-corrected chi connectivity index (χ1v) is 9.06.